The van der Waals surface area contributed by atoms with Crippen molar-refractivity contribution in [3.63, 3.8) is 0 Å². The van der Waals surface area contributed by atoms with Crippen LogP contribution < -0.4 is 5.32 Å². The van der Waals surface area contributed by atoms with Crippen molar-refractivity contribution in [3.8, 4) is 0 Å². The SMILES string of the molecule is CCOC(=O)c1c(C)[nH]c(C(=O)COC(=O)c2ccc(NC(=O)OC(C)(C)C)cc2)c1C. The topological polar surface area (TPSA) is 124 Å². The number of nitrogens with one attached hydrogen (secondary N) is 2. The summed E-state index contributed by atoms with van der Waals surface area (Å²) in [6.45, 7) is 9.95. The molecule has 0 spiro atoms. The van der Waals surface area contributed by atoms with Crippen LogP contribution in [0.5, 0.6) is 0 Å². The third kappa shape index (κ3) is 6.44. The molecule has 0 aliphatic heterocycles. The van der Waals surface area contributed by atoms with E-state index in [2.05, 4.69) is 10.3 Å². The van der Waals surface area contributed by atoms with Crippen LogP contribution in [-0.2, 0) is 14.2 Å². The largest absolute Gasteiger partial charge is 0.462 e. The number of H-pyrrole nitrogens is 1. The Labute approximate surface area is 186 Å². The van der Waals surface area contributed by atoms with Gasteiger partial charge in [-0.25, -0.2) is 14.4 Å². The molecule has 0 saturated carbocycles. The Morgan fingerprint density at radius 1 is 0.969 bits per heavy atom. The number of hydrogen-bond donors (Lipinski definition) is 2. The third-order valence-electron chi connectivity index (χ3n) is 4.30. The molecule has 9 nitrogen and oxygen atoms in total. The van der Waals surface area contributed by atoms with Crippen molar-refractivity contribution >= 4 is 29.5 Å². The minimum atomic E-state index is -0.700. The number of Topliss-reactive ketones (excluding diaryl/α,β-unsaturated/α-hetero) is 1. The summed E-state index contributed by atoms with van der Waals surface area (Å²) in [6, 6.07) is 5.96. The molecule has 0 bridgehead atoms. The second-order valence-corrected chi connectivity index (χ2v) is 8.05. The number of aromatic nitrogens is 1. The molecular weight excluding hydrogens is 416 g/mol. The predicted molar refractivity (Wildman–Crippen MR) is 117 cm³/mol. The summed E-state index contributed by atoms with van der Waals surface area (Å²) in [5.41, 5.74) is 1.45. The molecule has 1 heterocycles. The zero-order valence-corrected chi connectivity index (χ0v) is 19.1. The Hall–Kier alpha value is -3.62. The van der Waals surface area contributed by atoms with Crippen molar-refractivity contribution in [2.24, 2.45) is 0 Å². The van der Waals surface area contributed by atoms with E-state index in [0.29, 0.717) is 22.5 Å². The summed E-state index contributed by atoms with van der Waals surface area (Å²) in [4.78, 5) is 51.5. The Balaban J connectivity index is 1.98. The van der Waals surface area contributed by atoms with Gasteiger partial charge in [0.1, 0.15) is 5.60 Å². The van der Waals surface area contributed by atoms with Gasteiger partial charge in [0.25, 0.3) is 0 Å². The highest BCUT2D eigenvalue weighted by atomic mass is 16.6. The number of carbonyl (C=O) groups excluding carboxylic acids is 4. The van der Waals surface area contributed by atoms with Crippen LogP contribution in [0.1, 0.15) is 70.2 Å². The van der Waals surface area contributed by atoms with Crippen molar-refractivity contribution in [2.75, 3.05) is 18.5 Å². The van der Waals surface area contributed by atoms with Gasteiger partial charge in [0.05, 0.1) is 23.4 Å². The molecule has 1 aromatic carbocycles. The minimum absolute atomic E-state index is 0.190. The van der Waals surface area contributed by atoms with E-state index in [1.165, 1.54) is 24.3 Å². The maximum atomic E-state index is 12.5. The van der Waals surface area contributed by atoms with E-state index in [4.69, 9.17) is 14.2 Å². The first-order valence-electron chi connectivity index (χ1n) is 10.1. The van der Waals surface area contributed by atoms with Gasteiger partial charge in [-0.1, -0.05) is 0 Å². The molecule has 0 fully saturated rings. The lowest BCUT2D eigenvalue weighted by Gasteiger charge is -2.19. The summed E-state index contributed by atoms with van der Waals surface area (Å²) < 4.78 is 15.3. The Kier molecular flexibility index (Phi) is 7.80. The minimum Gasteiger partial charge on any atom is -0.462 e. The van der Waals surface area contributed by atoms with Crippen molar-refractivity contribution in [1.29, 1.82) is 0 Å². The number of esters is 2. The summed E-state index contributed by atoms with van der Waals surface area (Å²) >= 11 is 0. The number of ketones is 1. The first-order valence-corrected chi connectivity index (χ1v) is 10.1. The number of rotatable bonds is 7. The first kappa shape index (κ1) is 24.6. The Bertz CT molecular complexity index is 1010. The van der Waals surface area contributed by atoms with Gasteiger partial charge in [-0.05, 0) is 71.4 Å². The van der Waals surface area contributed by atoms with Gasteiger partial charge in [-0.3, -0.25) is 10.1 Å². The molecule has 1 aromatic heterocycles. The molecule has 0 aliphatic rings. The monoisotopic (exact) mass is 444 g/mol. The molecule has 32 heavy (non-hydrogen) atoms. The maximum Gasteiger partial charge on any atom is 0.412 e. The van der Waals surface area contributed by atoms with Crippen molar-refractivity contribution in [3.05, 3.63) is 52.3 Å². The highest BCUT2D eigenvalue weighted by Crippen LogP contribution is 2.20. The van der Waals surface area contributed by atoms with Crippen LogP contribution in [-0.4, -0.2) is 47.6 Å². The van der Waals surface area contributed by atoms with Crippen molar-refractivity contribution in [1.82, 2.24) is 4.98 Å². The summed E-state index contributed by atoms with van der Waals surface area (Å²) in [5.74, 6) is -1.69. The molecule has 172 valence electrons. The molecule has 2 aromatic rings. The molecule has 0 aliphatic carbocycles. The smallest absolute Gasteiger partial charge is 0.412 e. The standard InChI is InChI=1S/C23H28N2O7/c1-7-30-21(28)18-13(2)19(24-14(18)3)17(26)12-31-20(27)15-8-10-16(11-9-15)25-22(29)32-23(4,5)6/h8-11,24H,7,12H2,1-6H3,(H,25,29). The predicted octanol–water partition coefficient (Wildman–Crippen LogP) is 4.19. The zero-order valence-electron chi connectivity index (χ0n) is 19.1. The third-order valence-corrected chi connectivity index (χ3v) is 4.30. The number of benzene rings is 1. The highest BCUT2D eigenvalue weighted by Gasteiger charge is 2.23. The zero-order chi connectivity index (χ0) is 24.1. The van der Waals surface area contributed by atoms with Gasteiger partial charge in [-0.2, -0.15) is 0 Å². The van der Waals surface area contributed by atoms with Crippen LogP contribution >= 0.6 is 0 Å². The molecular formula is C23H28N2O7. The fourth-order valence-corrected chi connectivity index (χ4v) is 2.94. The molecule has 0 saturated heterocycles. The molecule has 2 rings (SSSR count). The lowest BCUT2D eigenvalue weighted by Crippen LogP contribution is -2.27. The summed E-state index contributed by atoms with van der Waals surface area (Å²) in [7, 11) is 0. The van der Waals surface area contributed by atoms with Crippen molar-refractivity contribution in [2.45, 2.75) is 47.1 Å². The van der Waals surface area contributed by atoms with Crippen LogP contribution in [0.4, 0.5) is 10.5 Å². The highest BCUT2D eigenvalue weighted by molar-refractivity contribution is 6.03. The van der Waals surface area contributed by atoms with Crippen LogP contribution in [0.15, 0.2) is 24.3 Å². The lowest BCUT2D eigenvalue weighted by atomic mass is 10.1. The van der Waals surface area contributed by atoms with Crippen molar-refractivity contribution < 1.29 is 33.4 Å². The van der Waals surface area contributed by atoms with Crippen LogP contribution in [0, 0.1) is 13.8 Å². The van der Waals surface area contributed by atoms with E-state index >= 15 is 0 Å². The van der Waals surface area contributed by atoms with Gasteiger partial charge >= 0.3 is 18.0 Å². The number of aromatic amines is 1. The van der Waals surface area contributed by atoms with E-state index in [1.54, 1.807) is 41.5 Å². The number of anilines is 1. The van der Waals surface area contributed by atoms with Crippen LogP contribution in [0.25, 0.3) is 0 Å². The average molecular weight is 444 g/mol. The van der Waals surface area contributed by atoms with Gasteiger partial charge in [0.2, 0.25) is 5.78 Å². The second kappa shape index (κ2) is 10.1. The normalized spacial score (nSPS) is 10.9. The maximum absolute atomic E-state index is 12.5. The summed E-state index contributed by atoms with van der Waals surface area (Å²) in [5, 5.41) is 2.56. The fourth-order valence-electron chi connectivity index (χ4n) is 2.94. The molecule has 0 radical (unpaired) electrons. The number of aryl methyl sites for hydroxylation is 1. The van der Waals surface area contributed by atoms with Gasteiger partial charge < -0.3 is 19.2 Å². The van der Waals surface area contributed by atoms with Crippen LogP contribution in [0.2, 0.25) is 0 Å². The number of amides is 1. The van der Waals surface area contributed by atoms with E-state index < -0.39 is 36.0 Å². The van der Waals surface area contributed by atoms with Gasteiger partial charge in [-0.15, -0.1) is 0 Å². The van der Waals surface area contributed by atoms with E-state index in [9.17, 15) is 19.2 Å². The molecule has 9 heteroatoms. The number of carbonyl (C=O) groups is 4. The van der Waals surface area contributed by atoms with Gasteiger partial charge in [0, 0.05) is 11.4 Å². The molecule has 0 unspecified atom stereocenters. The lowest BCUT2D eigenvalue weighted by molar-refractivity contribution is 0.0472. The second-order valence-electron chi connectivity index (χ2n) is 8.05. The fraction of sp³-hybridized carbons (Fsp3) is 0.391. The van der Waals surface area contributed by atoms with E-state index in [1.807, 2.05) is 0 Å². The van der Waals surface area contributed by atoms with E-state index in [-0.39, 0.29) is 17.9 Å². The first-order chi connectivity index (χ1) is 14.9. The quantitative estimate of drug-likeness (QED) is 0.373. The van der Waals surface area contributed by atoms with E-state index in [0.717, 1.165) is 0 Å². The summed E-state index contributed by atoms with van der Waals surface area (Å²) in [6.07, 6.45) is -0.614. The number of hydrogen-bond acceptors (Lipinski definition) is 7. The Morgan fingerprint density at radius 2 is 1.59 bits per heavy atom. The molecule has 1 amide bonds. The molecule has 0 atom stereocenters. The average Bonchev–Trinajstić information content (AvgIpc) is 2.99. The molecule has 2 N–H and O–H groups in total. The van der Waals surface area contributed by atoms with Crippen LogP contribution in [0.3, 0.4) is 0 Å². The van der Waals surface area contributed by atoms with Gasteiger partial charge in [0.15, 0.2) is 6.61 Å². The Morgan fingerprint density at radius 3 is 2.16 bits per heavy atom. The number of ether oxygens (including phenoxy) is 3.